The topological polar surface area (TPSA) is 80.3 Å². The summed E-state index contributed by atoms with van der Waals surface area (Å²) in [6.07, 6.45) is 0. The first-order valence-corrected chi connectivity index (χ1v) is 7.83. The van der Waals surface area contributed by atoms with E-state index in [0.29, 0.717) is 19.8 Å². The van der Waals surface area contributed by atoms with Crippen molar-refractivity contribution >= 4 is 16.1 Å². The average Bonchev–Trinajstić information content (AvgIpc) is 2.29. The second-order valence-electron chi connectivity index (χ2n) is 2.36. The van der Waals surface area contributed by atoms with Gasteiger partial charge in [-0.1, -0.05) is 7.43 Å². The van der Waals surface area contributed by atoms with E-state index in [2.05, 4.69) is 9.05 Å². The van der Waals surface area contributed by atoms with Crippen molar-refractivity contribution in [2.75, 3.05) is 34.0 Å². The Balaban J connectivity index is -0.000000277. The van der Waals surface area contributed by atoms with Crippen LogP contribution in [0.2, 0.25) is 0 Å². The highest BCUT2D eigenvalue weighted by atomic mass is 31.2. The molecule has 0 saturated carbocycles. The first-order valence-electron chi connectivity index (χ1n) is 5.15. The second-order valence-corrected chi connectivity index (χ2v) is 5.34. The molecule has 0 fully saturated rings. The highest BCUT2D eigenvalue weighted by Gasteiger charge is 2.23. The van der Waals surface area contributed by atoms with Gasteiger partial charge in [0.2, 0.25) is 0 Å². The Kier molecular flexibility index (Phi) is 19.9. The van der Waals surface area contributed by atoms with Crippen LogP contribution in [0.15, 0.2) is 0 Å². The highest BCUT2D eigenvalue weighted by Crippen LogP contribution is 2.48. The van der Waals surface area contributed by atoms with Gasteiger partial charge in [-0.05, 0) is 20.8 Å². The molecule has 0 aromatic heterocycles. The predicted octanol–water partition coefficient (Wildman–Crippen LogP) is 3.51. The van der Waals surface area contributed by atoms with Crippen LogP contribution in [0, 0.1) is 0 Å². The minimum absolute atomic E-state index is 0. The van der Waals surface area contributed by atoms with Crippen LogP contribution < -0.4 is 0 Å². The maximum absolute atomic E-state index is 11.3. The molecule has 114 valence electrons. The van der Waals surface area contributed by atoms with Crippen LogP contribution in [0.4, 0.5) is 0 Å². The molecule has 0 aromatic carbocycles. The Hall–Kier alpha value is 0.260. The molecular formula is C9H26O7P2. The molecular weight excluding hydrogens is 282 g/mol. The summed E-state index contributed by atoms with van der Waals surface area (Å²) in [5.41, 5.74) is 0. The van der Waals surface area contributed by atoms with E-state index in [-0.39, 0.29) is 7.43 Å². The molecule has 0 amide bonds. The van der Waals surface area contributed by atoms with Gasteiger partial charge in [-0.25, -0.2) is 4.57 Å². The lowest BCUT2D eigenvalue weighted by Crippen LogP contribution is -1.99. The second kappa shape index (κ2) is 15.3. The summed E-state index contributed by atoms with van der Waals surface area (Å²) < 4.78 is 44.2. The van der Waals surface area contributed by atoms with Gasteiger partial charge >= 0.3 is 16.1 Å². The van der Waals surface area contributed by atoms with E-state index >= 15 is 0 Å². The molecule has 0 bridgehead atoms. The SMILES string of the molecule is C.CCOP(=O)(OCC)OCC.CO[PH](=O)OC. The summed E-state index contributed by atoms with van der Waals surface area (Å²) in [7, 11) is -2.66. The molecule has 0 rings (SSSR count). The molecule has 0 unspecified atom stereocenters. The van der Waals surface area contributed by atoms with Crippen LogP contribution in [0.1, 0.15) is 28.2 Å². The molecule has 0 atom stereocenters. The molecule has 18 heavy (non-hydrogen) atoms. The molecule has 0 heterocycles. The summed E-state index contributed by atoms with van der Waals surface area (Å²) in [6, 6.07) is 0. The molecule has 0 aliphatic rings. The molecule has 0 aromatic rings. The number of rotatable bonds is 8. The zero-order valence-electron chi connectivity index (χ0n) is 10.9. The van der Waals surface area contributed by atoms with Crippen molar-refractivity contribution < 1.29 is 31.7 Å². The van der Waals surface area contributed by atoms with E-state index in [0.717, 1.165) is 0 Å². The Morgan fingerprint density at radius 1 is 0.889 bits per heavy atom. The number of phosphoric acid groups is 1. The fourth-order valence-corrected chi connectivity index (χ4v) is 2.01. The number of phosphoric ester groups is 1. The maximum Gasteiger partial charge on any atom is 0.474 e. The zero-order chi connectivity index (χ0) is 13.7. The van der Waals surface area contributed by atoms with Crippen LogP contribution in [0.5, 0.6) is 0 Å². The van der Waals surface area contributed by atoms with Gasteiger partial charge in [0.15, 0.2) is 0 Å². The van der Waals surface area contributed by atoms with Gasteiger partial charge in [-0.2, -0.15) is 0 Å². The summed E-state index contributed by atoms with van der Waals surface area (Å²) >= 11 is 0. The van der Waals surface area contributed by atoms with Crippen molar-refractivity contribution in [2.24, 2.45) is 0 Å². The van der Waals surface area contributed by atoms with E-state index in [9.17, 15) is 9.13 Å². The molecule has 0 saturated heterocycles. The van der Waals surface area contributed by atoms with Crippen molar-refractivity contribution in [3.8, 4) is 0 Å². The molecule has 0 N–H and O–H groups in total. The molecule has 7 nitrogen and oxygen atoms in total. The van der Waals surface area contributed by atoms with Gasteiger partial charge in [-0.15, -0.1) is 0 Å². The lowest BCUT2D eigenvalue weighted by Gasteiger charge is -2.14. The fraction of sp³-hybridized carbons (Fsp3) is 1.00. The van der Waals surface area contributed by atoms with E-state index in [1.165, 1.54) is 14.2 Å². The van der Waals surface area contributed by atoms with Gasteiger partial charge in [0.1, 0.15) is 0 Å². The molecule has 0 aliphatic carbocycles. The summed E-state index contributed by atoms with van der Waals surface area (Å²) in [5.74, 6) is 0. The van der Waals surface area contributed by atoms with Crippen LogP contribution >= 0.6 is 16.1 Å². The third-order valence-electron chi connectivity index (χ3n) is 1.19. The van der Waals surface area contributed by atoms with Crippen molar-refractivity contribution in [3.05, 3.63) is 0 Å². The van der Waals surface area contributed by atoms with E-state index in [1.807, 2.05) is 0 Å². The van der Waals surface area contributed by atoms with Gasteiger partial charge in [0, 0.05) is 14.2 Å². The van der Waals surface area contributed by atoms with E-state index < -0.39 is 16.1 Å². The zero-order valence-corrected chi connectivity index (χ0v) is 12.8. The molecule has 9 heteroatoms. The van der Waals surface area contributed by atoms with Crippen molar-refractivity contribution in [1.82, 2.24) is 0 Å². The lowest BCUT2D eigenvalue weighted by atomic mass is 10.9. The first-order chi connectivity index (χ1) is 7.99. The van der Waals surface area contributed by atoms with Crippen LogP contribution in [0.25, 0.3) is 0 Å². The Labute approximate surface area is 111 Å². The van der Waals surface area contributed by atoms with Crippen molar-refractivity contribution in [1.29, 1.82) is 0 Å². The van der Waals surface area contributed by atoms with Gasteiger partial charge in [-0.3, -0.25) is 18.1 Å². The molecule has 0 spiro atoms. The van der Waals surface area contributed by atoms with Crippen molar-refractivity contribution in [3.63, 3.8) is 0 Å². The highest BCUT2D eigenvalue weighted by molar-refractivity contribution is 7.48. The summed E-state index contributed by atoms with van der Waals surface area (Å²) in [5, 5.41) is 0. The summed E-state index contributed by atoms with van der Waals surface area (Å²) in [6.45, 7) is 6.21. The number of hydrogen-bond acceptors (Lipinski definition) is 7. The van der Waals surface area contributed by atoms with Crippen LogP contribution in [-0.4, -0.2) is 34.0 Å². The minimum Gasteiger partial charge on any atom is -0.314 e. The third kappa shape index (κ3) is 14.3. The lowest BCUT2D eigenvalue weighted by molar-refractivity contribution is 0.126. The van der Waals surface area contributed by atoms with Gasteiger partial charge < -0.3 is 9.05 Å². The summed E-state index contributed by atoms with van der Waals surface area (Å²) in [4.78, 5) is 0. The predicted molar refractivity (Wildman–Crippen MR) is 72.2 cm³/mol. The Morgan fingerprint density at radius 2 is 1.17 bits per heavy atom. The molecule has 0 aliphatic heterocycles. The van der Waals surface area contributed by atoms with E-state index in [1.54, 1.807) is 20.8 Å². The quantitative estimate of drug-likeness (QED) is 0.635. The Morgan fingerprint density at radius 3 is 1.28 bits per heavy atom. The monoisotopic (exact) mass is 308 g/mol. The maximum atomic E-state index is 11.3. The van der Waals surface area contributed by atoms with Gasteiger partial charge in [0.05, 0.1) is 19.8 Å². The standard InChI is InChI=1S/C6H15O4P.C2H7O3P.CH4/c1-4-8-11(7,9-5-2)10-6-3;1-4-6(3)5-2;/h4-6H2,1-3H3;6H,1-2H3;1H4. The molecule has 0 radical (unpaired) electrons. The minimum atomic E-state index is -3.22. The van der Waals surface area contributed by atoms with Crippen LogP contribution in [0.3, 0.4) is 0 Å². The fourth-order valence-electron chi connectivity index (χ4n) is 0.669. The van der Waals surface area contributed by atoms with Gasteiger partial charge in [0.25, 0.3) is 0 Å². The smallest absolute Gasteiger partial charge is 0.314 e. The number of hydrogen-bond donors (Lipinski definition) is 0. The normalized spacial score (nSPS) is 10.6. The van der Waals surface area contributed by atoms with Crippen molar-refractivity contribution in [2.45, 2.75) is 28.2 Å². The average molecular weight is 308 g/mol. The Bertz CT molecular complexity index is 205. The third-order valence-corrected chi connectivity index (χ3v) is 3.58. The first kappa shape index (κ1) is 23.4. The largest absolute Gasteiger partial charge is 0.474 e. The van der Waals surface area contributed by atoms with Crippen LogP contribution in [-0.2, 0) is 31.7 Å². The van der Waals surface area contributed by atoms with E-state index in [4.69, 9.17) is 13.6 Å².